The zero-order valence-electron chi connectivity index (χ0n) is 9.69. The fraction of sp³-hybridized carbons (Fsp3) is 0.462. The number of hydrogen-bond donors (Lipinski definition) is 0. The molecule has 1 fully saturated rings. The predicted octanol–water partition coefficient (Wildman–Crippen LogP) is 3.50. The molecule has 17 heavy (non-hydrogen) atoms. The lowest BCUT2D eigenvalue weighted by molar-refractivity contribution is 0.0706. The first-order valence-corrected chi connectivity index (χ1v) is 6.26. The van der Waals surface area contributed by atoms with Gasteiger partial charge in [0, 0.05) is 12.6 Å². The summed E-state index contributed by atoms with van der Waals surface area (Å²) in [7, 11) is 0. The van der Waals surface area contributed by atoms with Crippen molar-refractivity contribution in [2.45, 2.75) is 31.7 Å². The van der Waals surface area contributed by atoms with Gasteiger partial charge in [0.15, 0.2) is 0 Å². The lowest BCUT2D eigenvalue weighted by Gasteiger charge is -2.27. The van der Waals surface area contributed by atoms with Crippen LogP contribution in [0.25, 0.3) is 0 Å². The van der Waals surface area contributed by atoms with Crippen LogP contribution in [0.1, 0.15) is 36.0 Å². The summed E-state index contributed by atoms with van der Waals surface area (Å²) in [6, 6.07) is 1.93. The Morgan fingerprint density at radius 3 is 2.82 bits per heavy atom. The molecule has 0 atom stereocenters. The van der Waals surface area contributed by atoms with E-state index in [9.17, 15) is 4.79 Å². The average Bonchev–Trinajstić information content (AvgIpc) is 2.95. The molecule has 4 heteroatoms. The molecule has 92 valence electrons. The van der Waals surface area contributed by atoms with Crippen molar-refractivity contribution in [1.82, 2.24) is 4.90 Å². The van der Waals surface area contributed by atoms with Gasteiger partial charge in [-0.25, -0.2) is 0 Å². The maximum Gasteiger partial charge on any atom is 0.259 e. The third-order valence-corrected chi connectivity index (χ3v) is 3.49. The van der Waals surface area contributed by atoms with E-state index in [1.807, 2.05) is 4.90 Å². The van der Waals surface area contributed by atoms with Gasteiger partial charge in [-0.1, -0.05) is 18.9 Å². The van der Waals surface area contributed by atoms with Gasteiger partial charge in [-0.3, -0.25) is 4.79 Å². The topological polar surface area (TPSA) is 33.5 Å². The fourth-order valence-electron chi connectivity index (χ4n) is 2.35. The van der Waals surface area contributed by atoms with Crippen LogP contribution < -0.4 is 0 Å². The first-order chi connectivity index (χ1) is 8.24. The summed E-state index contributed by atoms with van der Waals surface area (Å²) in [6.07, 6.45) is 7.69. The van der Waals surface area contributed by atoms with Crippen LogP contribution in [-0.4, -0.2) is 23.4 Å². The second kappa shape index (κ2) is 5.41. The van der Waals surface area contributed by atoms with Crippen LogP contribution in [0.2, 0.25) is 5.22 Å². The Morgan fingerprint density at radius 2 is 2.29 bits per heavy atom. The minimum Gasteiger partial charge on any atom is -0.452 e. The minimum absolute atomic E-state index is 0.0597. The first-order valence-electron chi connectivity index (χ1n) is 5.89. The molecule has 3 nitrogen and oxygen atoms in total. The number of carbonyl (C=O) groups excluding carboxylic acids is 1. The lowest BCUT2D eigenvalue weighted by atomic mass is 10.1. The van der Waals surface area contributed by atoms with Crippen molar-refractivity contribution in [3.8, 4) is 0 Å². The molecule has 1 aromatic heterocycles. The number of furan rings is 1. The number of rotatable bonds is 4. The van der Waals surface area contributed by atoms with E-state index < -0.39 is 0 Å². The summed E-state index contributed by atoms with van der Waals surface area (Å²) in [6.45, 7) is 4.27. The molecule has 0 saturated heterocycles. The monoisotopic (exact) mass is 253 g/mol. The summed E-state index contributed by atoms with van der Waals surface area (Å²) in [4.78, 5) is 14.2. The van der Waals surface area contributed by atoms with Crippen molar-refractivity contribution in [3.63, 3.8) is 0 Å². The van der Waals surface area contributed by atoms with Crippen molar-refractivity contribution < 1.29 is 9.21 Å². The Kier molecular flexibility index (Phi) is 3.89. The highest BCUT2D eigenvalue weighted by atomic mass is 35.5. The highest BCUT2D eigenvalue weighted by molar-refractivity contribution is 6.32. The Labute approximate surface area is 106 Å². The van der Waals surface area contributed by atoms with Crippen LogP contribution in [0.3, 0.4) is 0 Å². The van der Waals surface area contributed by atoms with Crippen molar-refractivity contribution in [1.29, 1.82) is 0 Å². The molecule has 0 unspecified atom stereocenters. The molecule has 0 aromatic carbocycles. The molecule has 1 aliphatic carbocycles. The molecule has 2 rings (SSSR count). The number of amides is 1. The highest BCUT2D eigenvalue weighted by Crippen LogP contribution is 2.27. The van der Waals surface area contributed by atoms with Gasteiger partial charge in [-0.15, -0.1) is 6.58 Å². The number of halogens is 1. The zero-order valence-corrected chi connectivity index (χ0v) is 10.4. The average molecular weight is 254 g/mol. The van der Waals surface area contributed by atoms with E-state index in [0.29, 0.717) is 18.2 Å². The molecule has 1 amide bonds. The molecular weight excluding hydrogens is 238 g/mol. The van der Waals surface area contributed by atoms with Crippen LogP contribution in [0, 0.1) is 0 Å². The van der Waals surface area contributed by atoms with Gasteiger partial charge in [-0.2, -0.15) is 0 Å². The van der Waals surface area contributed by atoms with Gasteiger partial charge in [0.2, 0.25) is 5.22 Å². The molecule has 0 aliphatic heterocycles. The lowest BCUT2D eigenvalue weighted by Crippen LogP contribution is -2.38. The summed E-state index contributed by atoms with van der Waals surface area (Å²) < 4.78 is 4.97. The van der Waals surface area contributed by atoms with E-state index in [4.69, 9.17) is 16.0 Å². The van der Waals surface area contributed by atoms with Crippen LogP contribution >= 0.6 is 11.6 Å². The quantitative estimate of drug-likeness (QED) is 0.770. The van der Waals surface area contributed by atoms with Gasteiger partial charge in [-0.05, 0) is 30.5 Å². The summed E-state index contributed by atoms with van der Waals surface area (Å²) in [5.41, 5.74) is 0.445. The standard InChI is InChI=1S/C13H16ClNO2/c1-2-8-15(10-5-3-4-6-10)13(16)11-7-9-17-12(11)14/h2,7,9-10H,1,3-6,8H2. The van der Waals surface area contributed by atoms with E-state index in [1.54, 1.807) is 12.1 Å². The summed E-state index contributed by atoms with van der Waals surface area (Å²) in [5, 5.41) is 0.169. The Hall–Kier alpha value is -1.22. The highest BCUT2D eigenvalue weighted by Gasteiger charge is 2.28. The fourth-order valence-corrected chi connectivity index (χ4v) is 2.55. The van der Waals surface area contributed by atoms with Crippen molar-refractivity contribution in [3.05, 3.63) is 35.8 Å². The molecule has 0 bridgehead atoms. The number of hydrogen-bond acceptors (Lipinski definition) is 2. The van der Waals surface area contributed by atoms with Gasteiger partial charge >= 0.3 is 0 Å². The maximum absolute atomic E-state index is 12.3. The molecule has 0 N–H and O–H groups in total. The smallest absolute Gasteiger partial charge is 0.259 e. The largest absolute Gasteiger partial charge is 0.452 e. The second-order valence-corrected chi connectivity index (χ2v) is 4.64. The Balaban J connectivity index is 2.18. The minimum atomic E-state index is -0.0597. The predicted molar refractivity (Wildman–Crippen MR) is 67.2 cm³/mol. The van der Waals surface area contributed by atoms with Crippen LogP contribution in [0.4, 0.5) is 0 Å². The van der Waals surface area contributed by atoms with Crippen LogP contribution in [0.15, 0.2) is 29.4 Å². The van der Waals surface area contributed by atoms with Gasteiger partial charge in [0.1, 0.15) is 0 Å². The first kappa shape index (κ1) is 12.2. The maximum atomic E-state index is 12.3. The van der Waals surface area contributed by atoms with E-state index in [1.165, 1.54) is 19.1 Å². The second-order valence-electron chi connectivity index (χ2n) is 4.29. The van der Waals surface area contributed by atoms with E-state index in [-0.39, 0.29) is 11.1 Å². The number of nitrogens with zero attached hydrogens (tertiary/aromatic N) is 1. The molecular formula is C13H16ClNO2. The van der Waals surface area contributed by atoms with Crippen LogP contribution in [0.5, 0.6) is 0 Å². The molecule has 1 heterocycles. The van der Waals surface area contributed by atoms with E-state index in [2.05, 4.69) is 6.58 Å². The molecule has 1 saturated carbocycles. The molecule has 0 spiro atoms. The van der Waals surface area contributed by atoms with Crippen molar-refractivity contribution in [2.24, 2.45) is 0 Å². The summed E-state index contributed by atoms with van der Waals surface area (Å²) >= 11 is 5.85. The molecule has 1 aromatic rings. The van der Waals surface area contributed by atoms with Gasteiger partial charge < -0.3 is 9.32 Å². The summed E-state index contributed by atoms with van der Waals surface area (Å²) in [5.74, 6) is -0.0597. The molecule has 1 aliphatic rings. The third kappa shape index (κ3) is 2.55. The van der Waals surface area contributed by atoms with Gasteiger partial charge in [0.05, 0.1) is 11.8 Å². The van der Waals surface area contributed by atoms with Gasteiger partial charge in [0.25, 0.3) is 5.91 Å². The third-order valence-electron chi connectivity index (χ3n) is 3.20. The van der Waals surface area contributed by atoms with Crippen molar-refractivity contribution in [2.75, 3.05) is 6.54 Å². The van der Waals surface area contributed by atoms with E-state index >= 15 is 0 Å². The van der Waals surface area contributed by atoms with Crippen molar-refractivity contribution >= 4 is 17.5 Å². The Morgan fingerprint density at radius 1 is 1.59 bits per heavy atom. The normalized spacial score (nSPS) is 16.1. The SMILES string of the molecule is C=CCN(C(=O)c1ccoc1Cl)C1CCCC1. The number of carbonyl (C=O) groups is 1. The molecule has 0 radical (unpaired) electrons. The van der Waals surface area contributed by atoms with E-state index in [0.717, 1.165) is 12.8 Å². The Bertz CT molecular complexity index is 407. The van der Waals surface area contributed by atoms with Crippen LogP contribution in [-0.2, 0) is 0 Å². The zero-order chi connectivity index (χ0) is 12.3.